The highest BCUT2D eigenvalue weighted by Crippen LogP contribution is 2.43. The number of Topliss-reactive ketones (excluding diaryl/α,β-unsaturated/α-hetero) is 1. The molecule has 0 saturated carbocycles. The zero-order valence-corrected chi connectivity index (χ0v) is 19.5. The van der Waals surface area contributed by atoms with E-state index in [9.17, 15) is 45.0 Å². The average Bonchev–Trinajstić information content (AvgIpc) is 2.84. The molecular formula is C24H24O14. The van der Waals surface area contributed by atoms with Crippen molar-refractivity contribution in [3.05, 3.63) is 41.5 Å². The van der Waals surface area contributed by atoms with E-state index in [0.717, 1.165) is 6.07 Å². The summed E-state index contributed by atoms with van der Waals surface area (Å²) < 4.78 is 21.5. The largest absolute Gasteiger partial charge is 0.507 e. The van der Waals surface area contributed by atoms with Gasteiger partial charge in [0.15, 0.2) is 17.3 Å². The number of fused-ring (bicyclic) bond motifs is 1. The lowest BCUT2D eigenvalue weighted by Gasteiger charge is -2.40. The van der Waals surface area contributed by atoms with Crippen molar-refractivity contribution >= 4 is 17.7 Å². The van der Waals surface area contributed by atoms with Gasteiger partial charge in [0.25, 0.3) is 0 Å². The first-order valence-corrected chi connectivity index (χ1v) is 11.3. The first-order valence-electron chi connectivity index (χ1n) is 11.3. The van der Waals surface area contributed by atoms with Crippen LogP contribution in [-0.2, 0) is 19.1 Å². The SMILES string of the molecule is O=C(O)CC(=O)OC[C@H]1O[C@@H](Oc2cc(O)c3c(c2)O[C@@H](c2ccc(O)c(O)c2)CC3=O)[C@H](O)[C@@H](O)[C@@H]1O. The number of phenolic OH excluding ortho intramolecular Hbond substituents is 3. The number of carbonyl (C=O) groups is 3. The van der Waals surface area contributed by atoms with Crippen LogP contribution in [0.25, 0.3) is 0 Å². The minimum atomic E-state index is -1.81. The van der Waals surface area contributed by atoms with Crippen LogP contribution in [0.1, 0.15) is 34.9 Å². The third-order valence-electron chi connectivity index (χ3n) is 5.97. The van der Waals surface area contributed by atoms with Crippen molar-refractivity contribution in [2.75, 3.05) is 6.61 Å². The van der Waals surface area contributed by atoms with E-state index in [1.807, 2.05) is 0 Å². The first kappa shape index (κ1) is 26.9. The van der Waals surface area contributed by atoms with Crippen molar-refractivity contribution in [1.29, 1.82) is 0 Å². The molecule has 0 bridgehead atoms. The molecule has 2 heterocycles. The fraction of sp³-hybridized carbons (Fsp3) is 0.375. The average molecular weight is 536 g/mol. The molecule has 7 N–H and O–H groups in total. The van der Waals surface area contributed by atoms with Crippen LogP contribution in [0.2, 0.25) is 0 Å². The van der Waals surface area contributed by atoms with Crippen molar-refractivity contribution in [2.45, 2.75) is 49.7 Å². The van der Waals surface area contributed by atoms with Gasteiger partial charge in [0.05, 0.1) is 6.42 Å². The maximum Gasteiger partial charge on any atom is 0.317 e. The minimum Gasteiger partial charge on any atom is -0.507 e. The maximum absolute atomic E-state index is 12.7. The van der Waals surface area contributed by atoms with Gasteiger partial charge in [-0.3, -0.25) is 14.4 Å². The number of ether oxygens (including phenoxy) is 4. The van der Waals surface area contributed by atoms with Gasteiger partial charge < -0.3 is 54.7 Å². The van der Waals surface area contributed by atoms with Gasteiger partial charge in [0, 0.05) is 12.1 Å². The molecule has 0 spiro atoms. The number of aliphatic hydroxyl groups excluding tert-OH is 3. The summed E-state index contributed by atoms with van der Waals surface area (Å²) in [5.74, 6) is -4.60. The topological polar surface area (TPSA) is 230 Å². The molecular weight excluding hydrogens is 512 g/mol. The molecule has 0 aliphatic carbocycles. The van der Waals surface area contributed by atoms with E-state index in [-0.39, 0.29) is 29.2 Å². The predicted octanol–water partition coefficient (Wildman–Crippen LogP) is -0.286. The second-order valence-corrected chi connectivity index (χ2v) is 8.68. The Labute approximate surface area is 213 Å². The number of hydrogen-bond acceptors (Lipinski definition) is 13. The molecule has 14 nitrogen and oxygen atoms in total. The van der Waals surface area contributed by atoms with Crippen LogP contribution in [0, 0.1) is 0 Å². The second kappa shape index (κ2) is 10.7. The van der Waals surface area contributed by atoms with Crippen molar-refractivity contribution in [3.63, 3.8) is 0 Å². The summed E-state index contributed by atoms with van der Waals surface area (Å²) in [5.41, 5.74) is 0.230. The number of ketones is 1. The van der Waals surface area contributed by atoms with Crippen LogP contribution in [0.5, 0.6) is 28.7 Å². The van der Waals surface area contributed by atoms with Gasteiger partial charge in [-0.05, 0) is 17.7 Å². The number of carbonyl (C=O) groups excluding carboxylic acids is 2. The van der Waals surface area contributed by atoms with E-state index in [0.29, 0.717) is 5.56 Å². The molecule has 4 rings (SSSR count). The van der Waals surface area contributed by atoms with Crippen LogP contribution < -0.4 is 9.47 Å². The van der Waals surface area contributed by atoms with Gasteiger partial charge in [0.1, 0.15) is 66.4 Å². The van der Waals surface area contributed by atoms with E-state index in [1.165, 1.54) is 24.3 Å². The number of aliphatic hydroxyl groups is 3. The fourth-order valence-corrected chi connectivity index (χ4v) is 4.04. The van der Waals surface area contributed by atoms with Crippen LogP contribution in [0.15, 0.2) is 30.3 Å². The molecule has 1 saturated heterocycles. The van der Waals surface area contributed by atoms with Crippen LogP contribution in [0.4, 0.5) is 0 Å². The summed E-state index contributed by atoms with van der Waals surface area (Å²) in [6.07, 6.45) is -10.4. The van der Waals surface area contributed by atoms with Crippen LogP contribution in [0.3, 0.4) is 0 Å². The van der Waals surface area contributed by atoms with Gasteiger partial charge in [-0.25, -0.2) is 0 Å². The van der Waals surface area contributed by atoms with E-state index < -0.39 is 79.1 Å². The molecule has 2 aromatic rings. The minimum absolute atomic E-state index is 0.0983. The highest BCUT2D eigenvalue weighted by atomic mass is 16.7. The molecule has 2 aromatic carbocycles. The Morgan fingerprint density at radius 3 is 2.37 bits per heavy atom. The predicted molar refractivity (Wildman–Crippen MR) is 121 cm³/mol. The van der Waals surface area contributed by atoms with Gasteiger partial charge in [-0.1, -0.05) is 6.07 Å². The van der Waals surface area contributed by atoms with E-state index in [2.05, 4.69) is 0 Å². The monoisotopic (exact) mass is 536 g/mol. The van der Waals surface area contributed by atoms with E-state index >= 15 is 0 Å². The first-order chi connectivity index (χ1) is 17.9. The number of aliphatic carboxylic acids is 1. The zero-order valence-electron chi connectivity index (χ0n) is 19.5. The summed E-state index contributed by atoms with van der Waals surface area (Å²) >= 11 is 0. The number of carboxylic acid groups (broad SMARTS) is 1. The number of rotatable bonds is 7. The molecule has 2 aliphatic heterocycles. The molecule has 0 aromatic heterocycles. The Kier molecular flexibility index (Phi) is 7.59. The molecule has 38 heavy (non-hydrogen) atoms. The molecule has 0 amide bonds. The van der Waals surface area contributed by atoms with Gasteiger partial charge in [-0.2, -0.15) is 0 Å². The third kappa shape index (κ3) is 5.57. The lowest BCUT2D eigenvalue weighted by Crippen LogP contribution is -2.60. The molecule has 0 radical (unpaired) electrons. The smallest absolute Gasteiger partial charge is 0.317 e. The Bertz CT molecular complexity index is 1240. The number of hydrogen-bond donors (Lipinski definition) is 7. The van der Waals surface area contributed by atoms with Crippen molar-refractivity contribution in [1.82, 2.24) is 0 Å². The maximum atomic E-state index is 12.7. The Morgan fingerprint density at radius 2 is 1.68 bits per heavy atom. The Hall–Kier alpha value is -4.11. The van der Waals surface area contributed by atoms with Crippen LogP contribution in [-0.4, -0.2) is 90.8 Å². The molecule has 6 atom stereocenters. The third-order valence-corrected chi connectivity index (χ3v) is 5.97. The molecule has 0 unspecified atom stereocenters. The van der Waals surface area contributed by atoms with Crippen molar-refractivity contribution in [2.24, 2.45) is 0 Å². The van der Waals surface area contributed by atoms with E-state index in [4.69, 9.17) is 24.1 Å². The summed E-state index contributed by atoms with van der Waals surface area (Å²) in [6, 6.07) is 6.15. The number of esters is 1. The summed E-state index contributed by atoms with van der Waals surface area (Å²) in [6.45, 7) is -0.662. The van der Waals surface area contributed by atoms with Crippen molar-refractivity contribution < 1.29 is 69.1 Å². The Balaban J connectivity index is 1.52. The standard InChI is InChI=1S/C24H24O14/c25-11-2-1-9(3-12(11)26)15-6-14(28)20-13(27)4-10(5-16(20)37-15)36-24-23(34)22(33)21(32)17(38-24)8-35-19(31)7-18(29)30/h1-5,15,17,21-27,32-34H,6-8H2,(H,29,30)/t15-,17-,21-,22+,23-,24-/m1/s1. The molecule has 204 valence electrons. The lowest BCUT2D eigenvalue weighted by molar-refractivity contribution is -0.278. The Morgan fingerprint density at radius 1 is 0.947 bits per heavy atom. The highest BCUT2D eigenvalue weighted by molar-refractivity contribution is 6.02. The molecule has 1 fully saturated rings. The molecule has 14 heteroatoms. The summed E-state index contributed by atoms with van der Waals surface area (Å²) in [7, 11) is 0. The highest BCUT2D eigenvalue weighted by Gasteiger charge is 2.46. The van der Waals surface area contributed by atoms with Gasteiger partial charge in [0.2, 0.25) is 6.29 Å². The van der Waals surface area contributed by atoms with Gasteiger partial charge >= 0.3 is 11.9 Å². The van der Waals surface area contributed by atoms with E-state index in [1.54, 1.807) is 0 Å². The quantitative estimate of drug-likeness (QED) is 0.137. The zero-order chi connectivity index (χ0) is 27.7. The number of aromatic hydroxyl groups is 3. The lowest BCUT2D eigenvalue weighted by atomic mass is 9.95. The normalized spacial score (nSPS) is 26.7. The van der Waals surface area contributed by atoms with Gasteiger partial charge in [-0.15, -0.1) is 0 Å². The summed E-state index contributed by atoms with van der Waals surface area (Å²) in [4.78, 5) is 34.8. The molecule has 2 aliphatic rings. The summed E-state index contributed by atoms with van der Waals surface area (Å²) in [5, 5.41) is 69.1. The van der Waals surface area contributed by atoms with Crippen LogP contribution >= 0.6 is 0 Å². The van der Waals surface area contributed by atoms with Crippen molar-refractivity contribution in [3.8, 4) is 28.7 Å². The fourth-order valence-electron chi connectivity index (χ4n) is 4.04. The number of carboxylic acids is 1. The second-order valence-electron chi connectivity index (χ2n) is 8.68. The number of phenols is 3. The number of benzene rings is 2.